The first-order chi connectivity index (χ1) is 10.0. The van der Waals surface area contributed by atoms with Crippen molar-refractivity contribution in [1.29, 1.82) is 0 Å². The summed E-state index contributed by atoms with van der Waals surface area (Å²) >= 11 is 0. The summed E-state index contributed by atoms with van der Waals surface area (Å²) in [7, 11) is 0. The van der Waals surface area contributed by atoms with Crippen molar-refractivity contribution in [2.75, 3.05) is 36.4 Å². The van der Waals surface area contributed by atoms with Gasteiger partial charge >= 0.3 is 5.69 Å². The van der Waals surface area contributed by atoms with Crippen LogP contribution in [-0.2, 0) is 4.79 Å². The monoisotopic (exact) mass is 294 g/mol. The quantitative estimate of drug-likeness (QED) is 0.612. The van der Waals surface area contributed by atoms with E-state index < -0.39 is 4.92 Å². The molecule has 0 aromatic carbocycles. The number of amides is 1. The summed E-state index contributed by atoms with van der Waals surface area (Å²) < 4.78 is 0. The van der Waals surface area contributed by atoms with Gasteiger partial charge in [0.2, 0.25) is 17.7 Å². The van der Waals surface area contributed by atoms with E-state index in [0.717, 1.165) is 0 Å². The first-order valence-electron chi connectivity index (χ1n) is 6.81. The number of carbonyl (C=O) groups excluding carboxylic acids is 1. The van der Waals surface area contributed by atoms with Gasteiger partial charge in [0.15, 0.2) is 0 Å². The lowest BCUT2D eigenvalue weighted by molar-refractivity contribution is -0.385. The molecule has 21 heavy (non-hydrogen) atoms. The highest BCUT2D eigenvalue weighted by Crippen LogP contribution is 2.30. The number of hydrogen-bond acceptors (Lipinski definition) is 7. The largest absolute Gasteiger partial charge is 0.354 e. The average molecular weight is 294 g/mol. The Labute approximate surface area is 121 Å². The van der Waals surface area contributed by atoms with Crippen LogP contribution in [0.3, 0.4) is 0 Å². The van der Waals surface area contributed by atoms with Crippen molar-refractivity contribution in [3.63, 3.8) is 0 Å². The third-order valence-electron chi connectivity index (χ3n) is 3.17. The number of nitro groups is 1. The van der Waals surface area contributed by atoms with Gasteiger partial charge in [-0.15, -0.1) is 0 Å². The van der Waals surface area contributed by atoms with Gasteiger partial charge in [0.05, 0.1) is 4.92 Å². The third kappa shape index (κ3) is 3.36. The molecular weight excluding hydrogens is 276 g/mol. The van der Waals surface area contributed by atoms with Crippen LogP contribution in [0.1, 0.15) is 19.0 Å². The van der Waals surface area contributed by atoms with Crippen LogP contribution >= 0.6 is 0 Å². The molecule has 1 aromatic rings. The van der Waals surface area contributed by atoms with Gasteiger partial charge in [-0.2, -0.15) is 4.98 Å². The van der Waals surface area contributed by atoms with Gasteiger partial charge in [-0.3, -0.25) is 14.9 Å². The molecular formula is C12H18N6O3. The van der Waals surface area contributed by atoms with Crippen LogP contribution in [0.4, 0.5) is 17.5 Å². The van der Waals surface area contributed by atoms with Gasteiger partial charge in [0.25, 0.3) is 0 Å². The van der Waals surface area contributed by atoms with Crippen LogP contribution in [0.5, 0.6) is 0 Å². The predicted octanol–water partition coefficient (Wildman–Crippen LogP) is 0.451. The molecule has 114 valence electrons. The van der Waals surface area contributed by atoms with Gasteiger partial charge < -0.3 is 15.5 Å². The Kier molecular flexibility index (Phi) is 4.51. The average Bonchev–Trinajstić information content (AvgIpc) is 2.62. The second-order valence-corrected chi connectivity index (χ2v) is 4.68. The maximum Gasteiger partial charge on any atom is 0.332 e. The zero-order chi connectivity index (χ0) is 15.4. The van der Waals surface area contributed by atoms with E-state index in [1.807, 2.05) is 6.92 Å². The fraction of sp³-hybridized carbons (Fsp3) is 0.583. The van der Waals surface area contributed by atoms with E-state index in [9.17, 15) is 14.9 Å². The maximum atomic E-state index is 11.4. The topological polar surface area (TPSA) is 113 Å². The SMILES string of the molecule is CCNc1nc(C)c([N+](=O)[O-])c(N2CCNC(=O)CC2)n1. The van der Waals surface area contributed by atoms with Crippen molar-refractivity contribution in [3.8, 4) is 0 Å². The lowest BCUT2D eigenvalue weighted by Gasteiger charge is -2.21. The summed E-state index contributed by atoms with van der Waals surface area (Å²) in [6, 6.07) is 0. The lowest BCUT2D eigenvalue weighted by Crippen LogP contribution is -2.30. The van der Waals surface area contributed by atoms with Crippen LogP contribution in [0.25, 0.3) is 0 Å². The Morgan fingerprint density at radius 2 is 2.19 bits per heavy atom. The van der Waals surface area contributed by atoms with Crippen molar-refractivity contribution >= 4 is 23.4 Å². The minimum atomic E-state index is -0.472. The van der Waals surface area contributed by atoms with Crippen molar-refractivity contribution in [1.82, 2.24) is 15.3 Å². The number of hydrogen-bond donors (Lipinski definition) is 2. The fourth-order valence-electron chi connectivity index (χ4n) is 2.20. The van der Waals surface area contributed by atoms with Crippen LogP contribution in [0.2, 0.25) is 0 Å². The molecule has 0 saturated carbocycles. The Balaban J connectivity index is 2.43. The molecule has 9 heteroatoms. The van der Waals surface area contributed by atoms with Gasteiger partial charge in [-0.25, -0.2) is 4.98 Å². The fourth-order valence-corrected chi connectivity index (χ4v) is 2.20. The van der Waals surface area contributed by atoms with Crippen molar-refractivity contribution in [2.45, 2.75) is 20.3 Å². The van der Waals surface area contributed by atoms with Gasteiger partial charge in [-0.05, 0) is 13.8 Å². The van der Waals surface area contributed by atoms with Crippen molar-refractivity contribution in [2.24, 2.45) is 0 Å². The molecule has 0 spiro atoms. The zero-order valence-corrected chi connectivity index (χ0v) is 12.0. The molecule has 1 amide bonds. The normalized spacial score (nSPS) is 15.3. The van der Waals surface area contributed by atoms with E-state index >= 15 is 0 Å². The molecule has 2 heterocycles. The molecule has 9 nitrogen and oxygen atoms in total. The molecule has 0 aliphatic carbocycles. The van der Waals surface area contributed by atoms with E-state index in [-0.39, 0.29) is 23.8 Å². The van der Waals surface area contributed by atoms with Crippen molar-refractivity contribution in [3.05, 3.63) is 15.8 Å². The second-order valence-electron chi connectivity index (χ2n) is 4.68. The molecule has 0 radical (unpaired) electrons. The standard InChI is InChI=1S/C12H18N6O3/c1-3-13-12-15-8(2)10(18(20)21)11(16-12)17-6-4-9(19)14-5-7-17/h3-7H2,1-2H3,(H,14,19)(H,13,15,16). The second kappa shape index (κ2) is 6.33. The molecule has 0 atom stereocenters. The summed E-state index contributed by atoms with van der Waals surface area (Å²) in [5.41, 5.74) is 0.204. The van der Waals surface area contributed by atoms with Gasteiger partial charge in [0.1, 0.15) is 5.69 Å². The number of nitrogens with one attached hydrogen (secondary N) is 2. The molecule has 1 aliphatic heterocycles. The molecule has 2 rings (SSSR count). The van der Waals surface area contributed by atoms with Crippen molar-refractivity contribution < 1.29 is 9.72 Å². The number of aromatic nitrogens is 2. The van der Waals surface area contributed by atoms with E-state index in [4.69, 9.17) is 0 Å². The summed E-state index contributed by atoms with van der Waals surface area (Å²) in [6.45, 7) is 5.43. The van der Waals surface area contributed by atoms with E-state index in [0.29, 0.717) is 37.8 Å². The smallest absolute Gasteiger partial charge is 0.332 e. The molecule has 0 unspecified atom stereocenters. The third-order valence-corrected chi connectivity index (χ3v) is 3.17. The Morgan fingerprint density at radius 1 is 1.43 bits per heavy atom. The summed E-state index contributed by atoms with van der Waals surface area (Å²) in [5.74, 6) is 0.567. The first-order valence-corrected chi connectivity index (χ1v) is 6.81. The minimum absolute atomic E-state index is 0.0576. The van der Waals surface area contributed by atoms with Crippen LogP contribution in [0.15, 0.2) is 0 Å². The van der Waals surface area contributed by atoms with Crippen LogP contribution in [-0.4, -0.2) is 47.0 Å². The molecule has 1 saturated heterocycles. The highest BCUT2D eigenvalue weighted by molar-refractivity contribution is 5.77. The van der Waals surface area contributed by atoms with Gasteiger partial charge in [-0.1, -0.05) is 0 Å². The minimum Gasteiger partial charge on any atom is -0.354 e. The lowest BCUT2D eigenvalue weighted by atomic mass is 10.3. The van der Waals surface area contributed by atoms with Crippen LogP contribution in [0, 0.1) is 17.0 Å². The number of rotatable bonds is 4. The van der Waals surface area contributed by atoms with Gasteiger partial charge in [0, 0.05) is 32.6 Å². The van der Waals surface area contributed by atoms with E-state index in [2.05, 4.69) is 20.6 Å². The Hall–Kier alpha value is -2.45. The maximum absolute atomic E-state index is 11.4. The highest BCUT2D eigenvalue weighted by atomic mass is 16.6. The number of anilines is 2. The molecule has 1 aliphatic rings. The number of carbonyl (C=O) groups is 1. The van der Waals surface area contributed by atoms with Crippen LogP contribution < -0.4 is 15.5 Å². The molecule has 1 fully saturated rings. The van der Waals surface area contributed by atoms with E-state index in [1.165, 1.54) is 0 Å². The first kappa shape index (κ1) is 14.9. The summed E-state index contributed by atoms with van der Waals surface area (Å²) in [5, 5.41) is 17.0. The predicted molar refractivity (Wildman–Crippen MR) is 77.4 cm³/mol. The molecule has 2 N–H and O–H groups in total. The number of aryl methyl sites for hydroxylation is 1. The number of nitrogens with zero attached hydrogens (tertiary/aromatic N) is 4. The highest BCUT2D eigenvalue weighted by Gasteiger charge is 2.27. The molecule has 0 bridgehead atoms. The summed E-state index contributed by atoms with van der Waals surface area (Å²) in [6.07, 6.45) is 0.288. The van der Waals surface area contributed by atoms with E-state index in [1.54, 1.807) is 11.8 Å². The summed E-state index contributed by atoms with van der Waals surface area (Å²) in [4.78, 5) is 32.3. The zero-order valence-electron chi connectivity index (χ0n) is 12.0. The Morgan fingerprint density at radius 3 is 2.86 bits per heavy atom. The molecule has 1 aromatic heterocycles. The Bertz CT molecular complexity index is 562.